The maximum atomic E-state index is 13.3. The highest BCUT2D eigenvalue weighted by Gasteiger charge is 2.09. The lowest BCUT2D eigenvalue weighted by Gasteiger charge is -2.11. The van der Waals surface area contributed by atoms with Crippen LogP contribution in [-0.4, -0.2) is 11.5 Å². The van der Waals surface area contributed by atoms with Crippen molar-refractivity contribution < 1.29 is 9.13 Å². The van der Waals surface area contributed by atoms with E-state index in [1.807, 2.05) is 13.0 Å². The topological polar surface area (TPSA) is 34.2 Å². The van der Waals surface area contributed by atoms with Crippen LogP contribution in [-0.2, 0) is 6.54 Å². The van der Waals surface area contributed by atoms with E-state index in [0.717, 1.165) is 16.6 Å². The van der Waals surface area contributed by atoms with E-state index in [4.69, 9.17) is 4.74 Å². The van der Waals surface area contributed by atoms with E-state index in [2.05, 4.69) is 42.2 Å². The van der Waals surface area contributed by atoms with Crippen molar-refractivity contribution in [2.75, 3.05) is 6.54 Å². The molecule has 0 radical (unpaired) electrons. The second-order valence-electron chi connectivity index (χ2n) is 4.11. The largest absolute Gasteiger partial charge is 0.439 e. The van der Waals surface area contributed by atoms with Gasteiger partial charge in [0.2, 0.25) is 5.88 Å². The lowest BCUT2D eigenvalue weighted by atomic mass is 10.2. The summed E-state index contributed by atoms with van der Waals surface area (Å²) in [5, 5.41) is 3.22. The molecule has 0 aliphatic carbocycles. The molecule has 0 spiro atoms. The summed E-state index contributed by atoms with van der Waals surface area (Å²) in [5.74, 6) is 0.510. The predicted molar refractivity (Wildman–Crippen MR) is 83.5 cm³/mol. The predicted octanol–water partition coefficient (Wildman–Crippen LogP) is 4.65. The fourth-order valence-electron chi connectivity index (χ4n) is 1.65. The Morgan fingerprint density at radius 2 is 2.00 bits per heavy atom. The highest BCUT2D eigenvalue weighted by molar-refractivity contribution is 9.10. The highest BCUT2D eigenvalue weighted by Crippen LogP contribution is 2.28. The number of rotatable bonds is 5. The summed E-state index contributed by atoms with van der Waals surface area (Å²) in [5.41, 5.74) is 0.904. The molecule has 0 amide bonds. The molecule has 2 aromatic rings. The third-order valence-electron chi connectivity index (χ3n) is 2.51. The summed E-state index contributed by atoms with van der Waals surface area (Å²) in [6, 6.07) is 6.33. The molecular weight excluding hydrogens is 391 g/mol. The molecule has 1 heterocycles. The third-order valence-corrected chi connectivity index (χ3v) is 3.40. The zero-order chi connectivity index (χ0) is 14.5. The van der Waals surface area contributed by atoms with E-state index in [0.29, 0.717) is 22.6 Å². The maximum absolute atomic E-state index is 13.3. The number of hydrogen-bond acceptors (Lipinski definition) is 3. The van der Waals surface area contributed by atoms with Gasteiger partial charge in [-0.05, 0) is 40.7 Å². The minimum atomic E-state index is -0.361. The Balaban J connectivity index is 2.27. The molecule has 1 aromatic heterocycles. The number of hydrogen-bond donors (Lipinski definition) is 1. The summed E-state index contributed by atoms with van der Waals surface area (Å²) in [6.45, 7) is 3.50. The van der Waals surface area contributed by atoms with Crippen molar-refractivity contribution in [3.8, 4) is 11.6 Å². The van der Waals surface area contributed by atoms with Crippen molar-refractivity contribution in [1.82, 2.24) is 10.3 Å². The molecule has 0 fully saturated rings. The van der Waals surface area contributed by atoms with Gasteiger partial charge < -0.3 is 10.1 Å². The van der Waals surface area contributed by atoms with Gasteiger partial charge in [-0.1, -0.05) is 22.9 Å². The average Bonchev–Trinajstić information content (AvgIpc) is 2.38. The molecule has 0 aliphatic heterocycles. The summed E-state index contributed by atoms with van der Waals surface area (Å²) in [7, 11) is 0. The van der Waals surface area contributed by atoms with Crippen LogP contribution in [0.3, 0.4) is 0 Å². The van der Waals surface area contributed by atoms with Gasteiger partial charge in [-0.2, -0.15) is 0 Å². The van der Waals surface area contributed by atoms with Gasteiger partial charge >= 0.3 is 0 Å². The van der Waals surface area contributed by atoms with Crippen LogP contribution in [0.15, 0.2) is 39.4 Å². The zero-order valence-electron chi connectivity index (χ0n) is 10.8. The fraction of sp³-hybridized carbons (Fsp3) is 0.214. The SMILES string of the molecule is CCNCc1cc(Br)cnc1Oc1cc(F)cc(Br)c1. The van der Waals surface area contributed by atoms with E-state index in [1.165, 1.54) is 12.1 Å². The standard InChI is InChI=1S/C14H13Br2FN2O/c1-2-18-7-9-3-11(16)8-19-14(9)20-13-5-10(15)4-12(17)6-13/h3-6,8,18H,2,7H2,1H3. The lowest BCUT2D eigenvalue weighted by Crippen LogP contribution is -2.13. The Bertz CT molecular complexity index is 587. The normalized spacial score (nSPS) is 10.6. The maximum Gasteiger partial charge on any atom is 0.223 e. The monoisotopic (exact) mass is 402 g/mol. The van der Waals surface area contributed by atoms with E-state index in [9.17, 15) is 4.39 Å². The first-order valence-corrected chi connectivity index (χ1v) is 7.66. The summed E-state index contributed by atoms with van der Waals surface area (Å²) >= 11 is 6.62. The van der Waals surface area contributed by atoms with Crippen LogP contribution < -0.4 is 10.1 Å². The Hall–Kier alpha value is -0.980. The van der Waals surface area contributed by atoms with E-state index < -0.39 is 0 Å². The van der Waals surface area contributed by atoms with Crippen LogP contribution in [0.1, 0.15) is 12.5 Å². The van der Waals surface area contributed by atoms with Gasteiger partial charge in [-0.3, -0.25) is 0 Å². The average molecular weight is 404 g/mol. The first kappa shape index (κ1) is 15.4. The summed E-state index contributed by atoms with van der Waals surface area (Å²) in [4.78, 5) is 4.24. The molecular formula is C14H13Br2FN2O. The molecule has 1 N–H and O–H groups in total. The molecule has 0 saturated heterocycles. The molecule has 20 heavy (non-hydrogen) atoms. The Kier molecular flexibility index (Phi) is 5.51. The van der Waals surface area contributed by atoms with Crippen molar-refractivity contribution in [2.24, 2.45) is 0 Å². The van der Waals surface area contributed by atoms with Crippen LogP contribution in [0.2, 0.25) is 0 Å². The van der Waals surface area contributed by atoms with Gasteiger partial charge in [-0.15, -0.1) is 0 Å². The van der Waals surface area contributed by atoms with Crippen LogP contribution in [0.25, 0.3) is 0 Å². The van der Waals surface area contributed by atoms with E-state index in [-0.39, 0.29) is 5.82 Å². The van der Waals surface area contributed by atoms with Gasteiger partial charge in [0, 0.05) is 33.3 Å². The highest BCUT2D eigenvalue weighted by atomic mass is 79.9. The van der Waals surface area contributed by atoms with Crippen LogP contribution in [0, 0.1) is 5.82 Å². The van der Waals surface area contributed by atoms with Crippen molar-refractivity contribution >= 4 is 31.9 Å². The molecule has 0 unspecified atom stereocenters. The van der Waals surface area contributed by atoms with Crippen LogP contribution >= 0.6 is 31.9 Å². The molecule has 106 valence electrons. The molecule has 0 bridgehead atoms. The van der Waals surface area contributed by atoms with Gasteiger partial charge in [-0.25, -0.2) is 9.37 Å². The van der Waals surface area contributed by atoms with Crippen LogP contribution in [0.4, 0.5) is 4.39 Å². The van der Waals surface area contributed by atoms with Crippen molar-refractivity contribution in [3.63, 3.8) is 0 Å². The number of nitrogens with one attached hydrogen (secondary N) is 1. The number of benzene rings is 1. The molecule has 0 saturated carbocycles. The van der Waals surface area contributed by atoms with Gasteiger partial charge in [0.1, 0.15) is 11.6 Å². The van der Waals surface area contributed by atoms with E-state index in [1.54, 1.807) is 12.3 Å². The molecule has 6 heteroatoms. The number of aromatic nitrogens is 1. The van der Waals surface area contributed by atoms with Crippen molar-refractivity contribution in [3.05, 3.63) is 50.8 Å². The van der Waals surface area contributed by atoms with Gasteiger partial charge in [0.25, 0.3) is 0 Å². The number of halogens is 3. The molecule has 0 atom stereocenters. The minimum Gasteiger partial charge on any atom is -0.439 e. The van der Waals surface area contributed by atoms with Gasteiger partial charge in [0.15, 0.2) is 0 Å². The first-order valence-electron chi connectivity index (χ1n) is 6.07. The Morgan fingerprint density at radius 3 is 2.70 bits per heavy atom. The van der Waals surface area contributed by atoms with Crippen LogP contribution in [0.5, 0.6) is 11.6 Å². The second kappa shape index (κ2) is 7.15. The van der Waals surface area contributed by atoms with E-state index >= 15 is 0 Å². The molecule has 0 aliphatic rings. The Labute approximate surface area is 133 Å². The van der Waals surface area contributed by atoms with Gasteiger partial charge in [0.05, 0.1) is 0 Å². The van der Waals surface area contributed by atoms with Crippen molar-refractivity contribution in [1.29, 1.82) is 0 Å². The van der Waals surface area contributed by atoms with Crippen molar-refractivity contribution in [2.45, 2.75) is 13.5 Å². The molecule has 1 aromatic carbocycles. The number of nitrogens with zero attached hydrogens (tertiary/aromatic N) is 1. The fourth-order valence-corrected chi connectivity index (χ4v) is 2.47. The Morgan fingerprint density at radius 1 is 1.20 bits per heavy atom. The number of ether oxygens (including phenoxy) is 1. The molecule has 2 rings (SSSR count). The second-order valence-corrected chi connectivity index (χ2v) is 5.94. The summed E-state index contributed by atoms with van der Waals surface area (Å²) in [6.07, 6.45) is 1.65. The quantitative estimate of drug-likeness (QED) is 0.789. The zero-order valence-corrected chi connectivity index (χ0v) is 14.0. The smallest absolute Gasteiger partial charge is 0.223 e. The lowest BCUT2D eigenvalue weighted by molar-refractivity contribution is 0.448. The molecule has 3 nitrogen and oxygen atoms in total. The summed E-state index contributed by atoms with van der Waals surface area (Å²) < 4.78 is 20.5. The number of pyridine rings is 1. The third kappa shape index (κ3) is 4.26. The minimum absolute atomic E-state index is 0.361. The first-order chi connectivity index (χ1) is 9.58.